The molecule has 1 fully saturated rings. The van der Waals surface area contributed by atoms with Crippen molar-refractivity contribution in [3.8, 4) is 0 Å². The number of alkyl carbamates (subject to hydrolysis) is 1. The molecule has 1 aliphatic rings. The topological polar surface area (TPSA) is 50.4 Å². The number of rotatable bonds is 4. The minimum Gasteiger partial charge on any atom is -0.444 e. The highest BCUT2D eigenvalue weighted by atomic mass is 16.6. The lowest BCUT2D eigenvalue weighted by molar-refractivity contribution is 0.0490. The van der Waals surface area contributed by atoms with Gasteiger partial charge >= 0.3 is 6.09 Å². The molecule has 0 spiro atoms. The fourth-order valence-electron chi connectivity index (χ4n) is 2.51. The minimum absolute atomic E-state index is 0.198. The van der Waals surface area contributed by atoms with E-state index >= 15 is 0 Å². The van der Waals surface area contributed by atoms with Crippen LogP contribution in [0.3, 0.4) is 0 Å². The Kier molecular flexibility index (Phi) is 6.63. The smallest absolute Gasteiger partial charge is 0.407 e. The van der Waals surface area contributed by atoms with Gasteiger partial charge in [0.2, 0.25) is 0 Å². The van der Waals surface area contributed by atoms with Gasteiger partial charge in [-0.25, -0.2) is 4.79 Å². The van der Waals surface area contributed by atoms with E-state index in [1.165, 1.54) is 19.3 Å². The Bertz CT molecular complexity index is 274. The molecule has 1 saturated carbocycles. The van der Waals surface area contributed by atoms with Gasteiger partial charge in [-0.05, 0) is 46.6 Å². The third kappa shape index (κ3) is 6.81. The van der Waals surface area contributed by atoms with Crippen molar-refractivity contribution in [1.29, 1.82) is 0 Å². The second-order valence-corrected chi connectivity index (χ2v) is 6.45. The molecule has 0 saturated heterocycles. The maximum absolute atomic E-state index is 11.9. The molecule has 2 unspecified atom stereocenters. The van der Waals surface area contributed by atoms with E-state index in [1.807, 2.05) is 20.8 Å². The largest absolute Gasteiger partial charge is 0.444 e. The number of ether oxygens (including phenoxy) is 1. The zero-order valence-electron chi connectivity index (χ0n) is 12.9. The Hall–Kier alpha value is -0.770. The molecule has 2 atom stereocenters. The van der Waals surface area contributed by atoms with Crippen molar-refractivity contribution >= 4 is 6.09 Å². The van der Waals surface area contributed by atoms with Crippen LogP contribution >= 0.6 is 0 Å². The molecular formula is C15H30N2O2. The van der Waals surface area contributed by atoms with Crippen LogP contribution in [0.15, 0.2) is 0 Å². The number of amides is 1. The van der Waals surface area contributed by atoms with Gasteiger partial charge in [-0.1, -0.05) is 26.2 Å². The summed E-state index contributed by atoms with van der Waals surface area (Å²) >= 11 is 0. The van der Waals surface area contributed by atoms with Crippen LogP contribution in [0.25, 0.3) is 0 Å². The predicted molar refractivity (Wildman–Crippen MR) is 78.3 cm³/mol. The van der Waals surface area contributed by atoms with E-state index in [9.17, 15) is 4.79 Å². The molecule has 0 aromatic carbocycles. The Morgan fingerprint density at radius 2 is 1.79 bits per heavy atom. The summed E-state index contributed by atoms with van der Waals surface area (Å²) in [5, 5.41) is 6.61. The summed E-state index contributed by atoms with van der Waals surface area (Å²) in [7, 11) is 0. The lowest BCUT2D eigenvalue weighted by Gasteiger charge is -2.28. The zero-order chi connectivity index (χ0) is 14.3. The van der Waals surface area contributed by atoms with Crippen molar-refractivity contribution in [3.63, 3.8) is 0 Å². The van der Waals surface area contributed by atoms with Gasteiger partial charge in [0.1, 0.15) is 5.60 Å². The van der Waals surface area contributed by atoms with E-state index in [0.717, 1.165) is 25.8 Å². The normalized spacial score (nSPS) is 24.6. The highest BCUT2D eigenvalue weighted by Gasteiger charge is 2.26. The first-order chi connectivity index (χ1) is 8.92. The van der Waals surface area contributed by atoms with Crippen LogP contribution in [0.4, 0.5) is 4.79 Å². The molecule has 0 aromatic rings. The highest BCUT2D eigenvalue weighted by Crippen LogP contribution is 2.19. The second-order valence-electron chi connectivity index (χ2n) is 6.45. The van der Waals surface area contributed by atoms with Crippen molar-refractivity contribution < 1.29 is 9.53 Å². The standard InChI is InChI=1S/C15H30N2O2/c1-5-11-16-12-9-7-6-8-10-13(12)17-14(18)19-15(2,3)4/h12-13,16H,5-11H2,1-4H3,(H,17,18). The molecule has 19 heavy (non-hydrogen) atoms. The van der Waals surface area contributed by atoms with Gasteiger partial charge in [0.15, 0.2) is 0 Å². The van der Waals surface area contributed by atoms with Crippen molar-refractivity contribution in [2.75, 3.05) is 6.54 Å². The third-order valence-electron chi connectivity index (χ3n) is 3.37. The van der Waals surface area contributed by atoms with E-state index in [1.54, 1.807) is 0 Å². The third-order valence-corrected chi connectivity index (χ3v) is 3.37. The van der Waals surface area contributed by atoms with Crippen LogP contribution in [0.2, 0.25) is 0 Å². The molecule has 112 valence electrons. The number of carbonyl (C=O) groups is 1. The van der Waals surface area contributed by atoms with Crippen LogP contribution in [0.5, 0.6) is 0 Å². The van der Waals surface area contributed by atoms with E-state index in [-0.39, 0.29) is 12.1 Å². The van der Waals surface area contributed by atoms with Crippen molar-refractivity contribution in [2.45, 2.75) is 83.9 Å². The van der Waals surface area contributed by atoms with Gasteiger partial charge in [0.05, 0.1) is 0 Å². The molecule has 4 heteroatoms. The van der Waals surface area contributed by atoms with Crippen LogP contribution in [0, 0.1) is 0 Å². The van der Waals surface area contributed by atoms with Gasteiger partial charge in [0.25, 0.3) is 0 Å². The number of carbonyl (C=O) groups excluding carboxylic acids is 1. The van der Waals surface area contributed by atoms with E-state index in [2.05, 4.69) is 17.6 Å². The average molecular weight is 270 g/mol. The van der Waals surface area contributed by atoms with Crippen LogP contribution in [-0.2, 0) is 4.74 Å². The number of hydrogen-bond acceptors (Lipinski definition) is 3. The zero-order valence-corrected chi connectivity index (χ0v) is 12.9. The van der Waals surface area contributed by atoms with Gasteiger partial charge in [0, 0.05) is 12.1 Å². The lowest BCUT2D eigenvalue weighted by Crippen LogP contribution is -2.50. The van der Waals surface area contributed by atoms with Gasteiger partial charge in [-0.3, -0.25) is 0 Å². The molecule has 1 aliphatic carbocycles. The monoisotopic (exact) mass is 270 g/mol. The summed E-state index contributed by atoms with van der Waals surface area (Å²) in [5.41, 5.74) is -0.429. The van der Waals surface area contributed by atoms with Crippen LogP contribution in [-0.4, -0.2) is 30.3 Å². The van der Waals surface area contributed by atoms with E-state index in [4.69, 9.17) is 4.74 Å². The fourth-order valence-corrected chi connectivity index (χ4v) is 2.51. The molecule has 0 radical (unpaired) electrons. The molecule has 4 nitrogen and oxygen atoms in total. The van der Waals surface area contributed by atoms with E-state index < -0.39 is 5.60 Å². The maximum atomic E-state index is 11.9. The summed E-state index contributed by atoms with van der Waals surface area (Å²) in [4.78, 5) is 11.9. The Morgan fingerprint density at radius 1 is 1.16 bits per heavy atom. The minimum atomic E-state index is -0.429. The average Bonchev–Trinajstić information content (AvgIpc) is 2.49. The molecule has 1 rings (SSSR count). The first-order valence-corrected chi connectivity index (χ1v) is 7.65. The van der Waals surface area contributed by atoms with Gasteiger partial charge in [-0.2, -0.15) is 0 Å². The Balaban J connectivity index is 2.51. The summed E-state index contributed by atoms with van der Waals surface area (Å²) in [5.74, 6) is 0. The van der Waals surface area contributed by atoms with Crippen molar-refractivity contribution in [3.05, 3.63) is 0 Å². The number of nitrogens with one attached hydrogen (secondary N) is 2. The number of hydrogen-bond donors (Lipinski definition) is 2. The Labute approximate surface area is 117 Å². The van der Waals surface area contributed by atoms with E-state index in [0.29, 0.717) is 6.04 Å². The fraction of sp³-hybridized carbons (Fsp3) is 0.933. The molecule has 2 N–H and O–H groups in total. The Morgan fingerprint density at radius 3 is 2.37 bits per heavy atom. The summed E-state index contributed by atoms with van der Waals surface area (Å²) < 4.78 is 5.36. The summed E-state index contributed by atoms with van der Waals surface area (Å²) in [6, 6.07) is 0.582. The lowest BCUT2D eigenvalue weighted by atomic mass is 10.0. The highest BCUT2D eigenvalue weighted by molar-refractivity contribution is 5.68. The maximum Gasteiger partial charge on any atom is 0.407 e. The molecular weight excluding hydrogens is 240 g/mol. The van der Waals surface area contributed by atoms with Crippen LogP contribution < -0.4 is 10.6 Å². The first-order valence-electron chi connectivity index (χ1n) is 7.65. The second kappa shape index (κ2) is 7.73. The molecule has 1 amide bonds. The summed E-state index contributed by atoms with van der Waals surface area (Å²) in [6.45, 7) is 8.86. The summed E-state index contributed by atoms with van der Waals surface area (Å²) in [6.07, 6.45) is 6.70. The molecule has 0 heterocycles. The van der Waals surface area contributed by atoms with Crippen molar-refractivity contribution in [1.82, 2.24) is 10.6 Å². The van der Waals surface area contributed by atoms with Crippen LogP contribution in [0.1, 0.15) is 66.2 Å². The molecule has 0 aromatic heterocycles. The quantitative estimate of drug-likeness (QED) is 0.771. The molecule has 0 aliphatic heterocycles. The molecule has 0 bridgehead atoms. The SMILES string of the molecule is CCCNC1CCCCCC1NC(=O)OC(C)(C)C. The predicted octanol–water partition coefficient (Wildman–Crippen LogP) is 3.21. The van der Waals surface area contributed by atoms with Crippen molar-refractivity contribution in [2.24, 2.45) is 0 Å². The first kappa shape index (κ1) is 16.3. The van der Waals surface area contributed by atoms with Gasteiger partial charge in [-0.15, -0.1) is 0 Å². The van der Waals surface area contributed by atoms with Gasteiger partial charge < -0.3 is 15.4 Å².